The number of anilines is 1. The summed E-state index contributed by atoms with van der Waals surface area (Å²) in [6, 6.07) is 15.2. The minimum absolute atomic E-state index is 0.0719. The Hall–Kier alpha value is -3.94. The molecule has 1 aromatic heterocycles. The van der Waals surface area contributed by atoms with E-state index in [0.29, 0.717) is 17.1 Å². The SMILES string of the molecule is Cn1ccnc1C(NC(=O)CC[C@@H]1NC(=O)c2ccccc2NC1=O)c1ccccc1. The molecular weight excluding hydrogens is 394 g/mol. The van der Waals surface area contributed by atoms with Crippen molar-refractivity contribution in [3.8, 4) is 0 Å². The lowest BCUT2D eigenvalue weighted by Gasteiger charge is -2.20. The molecule has 2 atom stereocenters. The molecule has 0 aliphatic carbocycles. The average Bonchev–Trinajstić information content (AvgIpc) is 3.16. The van der Waals surface area contributed by atoms with E-state index in [1.165, 1.54) is 0 Å². The number of nitrogens with zero attached hydrogens (tertiary/aromatic N) is 2. The molecule has 0 saturated carbocycles. The van der Waals surface area contributed by atoms with Crippen LogP contribution >= 0.6 is 0 Å². The molecule has 2 heterocycles. The fourth-order valence-corrected chi connectivity index (χ4v) is 3.62. The molecule has 3 N–H and O–H groups in total. The van der Waals surface area contributed by atoms with Gasteiger partial charge in [-0.2, -0.15) is 0 Å². The van der Waals surface area contributed by atoms with E-state index in [4.69, 9.17) is 0 Å². The Balaban J connectivity index is 1.44. The normalized spacial score (nSPS) is 16.5. The molecule has 31 heavy (non-hydrogen) atoms. The molecule has 4 rings (SSSR count). The summed E-state index contributed by atoms with van der Waals surface area (Å²) >= 11 is 0. The van der Waals surface area contributed by atoms with Gasteiger partial charge in [-0.1, -0.05) is 42.5 Å². The molecule has 0 bridgehead atoms. The number of carbonyl (C=O) groups is 3. The number of imidazole rings is 1. The van der Waals surface area contributed by atoms with Crippen molar-refractivity contribution in [3.63, 3.8) is 0 Å². The van der Waals surface area contributed by atoms with Crippen LogP contribution in [0.1, 0.15) is 40.6 Å². The molecule has 0 fully saturated rings. The molecule has 0 saturated heterocycles. The van der Waals surface area contributed by atoms with Crippen molar-refractivity contribution in [2.45, 2.75) is 24.9 Å². The summed E-state index contributed by atoms with van der Waals surface area (Å²) in [7, 11) is 1.87. The maximum absolute atomic E-state index is 12.8. The standard InChI is InChI=1S/C23H23N5O3/c1-28-14-13-24-21(28)20(15-7-3-2-4-8-15)27-19(29)12-11-18-23(31)25-17-10-6-5-9-16(17)22(30)26-18/h2-10,13-14,18,20H,11-12H2,1H3,(H,25,31)(H,26,30)(H,27,29)/t18-,20?/m0/s1. The van der Waals surface area contributed by atoms with Gasteiger partial charge in [0.15, 0.2) is 0 Å². The summed E-state index contributed by atoms with van der Waals surface area (Å²) in [5.74, 6) is -0.208. The van der Waals surface area contributed by atoms with Gasteiger partial charge >= 0.3 is 0 Å². The van der Waals surface area contributed by atoms with Crippen molar-refractivity contribution in [2.75, 3.05) is 5.32 Å². The monoisotopic (exact) mass is 417 g/mol. The summed E-state index contributed by atoms with van der Waals surface area (Å²) in [6.45, 7) is 0. The Labute approximate surface area is 179 Å². The quantitative estimate of drug-likeness (QED) is 0.572. The zero-order chi connectivity index (χ0) is 21.8. The van der Waals surface area contributed by atoms with Gasteiger partial charge in [0, 0.05) is 25.9 Å². The van der Waals surface area contributed by atoms with Crippen LogP contribution in [0.5, 0.6) is 0 Å². The van der Waals surface area contributed by atoms with Crippen LogP contribution in [-0.4, -0.2) is 33.3 Å². The lowest BCUT2D eigenvalue weighted by atomic mass is 10.1. The molecule has 0 radical (unpaired) electrons. The summed E-state index contributed by atoms with van der Waals surface area (Å²) in [6.07, 6.45) is 3.75. The van der Waals surface area contributed by atoms with E-state index in [9.17, 15) is 14.4 Å². The fourth-order valence-electron chi connectivity index (χ4n) is 3.62. The van der Waals surface area contributed by atoms with E-state index in [1.54, 1.807) is 30.5 Å². The number of carbonyl (C=O) groups excluding carboxylic acids is 3. The molecular formula is C23H23N5O3. The fraction of sp³-hybridized carbons (Fsp3) is 0.217. The maximum Gasteiger partial charge on any atom is 0.254 e. The highest BCUT2D eigenvalue weighted by molar-refractivity contribution is 6.09. The number of aromatic nitrogens is 2. The van der Waals surface area contributed by atoms with Gasteiger partial charge in [0.1, 0.15) is 17.9 Å². The van der Waals surface area contributed by atoms with E-state index in [2.05, 4.69) is 20.9 Å². The molecule has 3 aromatic rings. The van der Waals surface area contributed by atoms with Gasteiger partial charge in [0.2, 0.25) is 11.8 Å². The zero-order valence-electron chi connectivity index (χ0n) is 17.0. The Kier molecular flexibility index (Phi) is 5.79. The predicted molar refractivity (Wildman–Crippen MR) is 115 cm³/mol. The highest BCUT2D eigenvalue weighted by atomic mass is 16.2. The molecule has 2 aromatic carbocycles. The van der Waals surface area contributed by atoms with Crippen molar-refractivity contribution < 1.29 is 14.4 Å². The number of amides is 3. The van der Waals surface area contributed by atoms with E-state index < -0.39 is 12.1 Å². The van der Waals surface area contributed by atoms with Crippen LogP contribution in [0.2, 0.25) is 0 Å². The summed E-state index contributed by atoms with van der Waals surface area (Å²) in [5, 5.41) is 8.48. The highest BCUT2D eigenvalue weighted by Crippen LogP contribution is 2.22. The zero-order valence-corrected chi connectivity index (χ0v) is 17.0. The van der Waals surface area contributed by atoms with Crippen LogP contribution in [0.25, 0.3) is 0 Å². The minimum Gasteiger partial charge on any atom is -0.342 e. The van der Waals surface area contributed by atoms with Crippen molar-refractivity contribution in [1.29, 1.82) is 0 Å². The first kappa shape index (κ1) is 20.3. The Morgan fingerprint density at radius 1 is 1.13 bits per heavy atom. The number of rotatable bonds is 6. The third-order valence-electron chi connectivity index (χ3n) is 5.27. The first-order valence-corrected chi connectivity index (χ1v) is 10.0. The maximum atomic E-state index is 12.8. The number of fused-ring (bicyclic) bond motifs is 1. The molecule has 1 unspecified atom stereocenters. The van der Waals surface area contributed by atoms with Gasteiger partial charge in [0.25, 0.3) is 5.91 Å². The van der Waals surface area contributed by atoms with Crippen LogP contribution in [0.3, 0.4) is 0 Å². The first-order chi connectivity index (χ1) is 15.0. The van der Waals surface area contributed by atoms with E-state index in [-0.39, 0.29) is 30.6 Å². The van der Waals surface area contributed by atoms with Gasteiger partial charge in [-0.15, -0.1) is 0 Å². The van der Waals surface area contributed by atoms with Crippen LogP contribution in [0.15, 0.2) is 67.0 Å². The van der Waals surface area contributed by atoms with Crippen LogP contribution in [0, 0.1) is 0 Å². The highest BCUT2D eigenvalue weighted by Gasteiger charge is 2.28. The molecule has 0 spiro atoms. The van der Waals surface area contributed by atoms with Gasteiger partial charge < -0.3 is 20.5 Å². The molecule has 158 valence electrons. The number of benzene rings is 2. The van der Waals surface area contributed by atoms with Gasteiger partial charge in [-0.25, -0.2) is 4.98 Å². The summed E-state index contributed by atoms with van der Waals surface area (Å²) < 4.78 is 1.86. The Morgan fingerprint density at radius 2 is 1.87 bits per heavy atom. The third-order valence-corrected chi connectivity index (χ3v) is 5.27. The van der Waals surface area contributed by atoms with Crippen LogP contribution < -0.4 is 16.0 Å². The Morgan fingerprint density at radius 3 is 2.61 bits per heavy atom. The second kappa shape index (κ2) is 8.83. The molecule has 8 nitrogen and oxygen atoms in total. The summed E-state index contributed by atoms with van der Waals surface area (Å²) in [5.41, 5.74) is 1.78. The molecule has 1 aliphatic rings. The Bertz CT molecular complexity index is 1110. The predicted octanol–water partition coefficient (Wildman–Crippen LogP) is 2.16. The first-order valence-electron chi connectivity index (χ1n) is 10.0. The molecule has 8 heteroatoms. The van der Waals surface area contributed by atoms with Crippen molar-refractivity contribution >= 4 is 23.4 Å². The second-order valence-corrected chi connectivity index (χ2v) is 7.41. The van der Waals surface area contributed by atoms with E-state index >= 15 is 0 Å². The molecule has 1 aliphatic heterocycles. The molecule has 3 amide bonds. The average molecular weight is 417 g/mol. The third kappa shape index (κ3) is 4.48. The van der Waals surface area contributed by atoms with Gasteiger partial charge in [-0.05, 0) is 24.1 Å². The van der Waals surface area contributed by atoms with Crippen LogP contribution in [-0.2, 0) is 16.6 Å². The van der Waals surface area contributed by atoms with Crippen molar-refractivity contribution in [1.82, 2.24) is 20.2 Å². The lowest BCUT2D eigenvalue weighted by molar-refractivity contribution is -0.122. The van der Waals surface area contributed by atoms with E-state index in [1.807, 2.05) is 48.1 Å². The lowest BCUT2D eigenvalue weighted by Crippen LogP contribution is -2.42. The summed E-state index contributed by atoms with van der Waals surface area (Å²) in [4.78, 5) is 42.1. The van der Waals surface area contributed by atoms with Gasteiger partial charge in [0.05, 0.1) is 11.3 Å². The number of hydrogen-bond acceptors (Lipinski definition) is 4. The number of aryl methyl sites for hydroxylation is 1. The smallest absolute Gasteiger partial charge is 0.254 e. The van der Waals surface area contributed by atoms with Crippen molar-refractivity contribution in [2.24, 2.45) is 7.05 Å². The number of hydrogen-bond donors (Lipinski definition) is 3. The largest absolute Gasteiger partial charge is 0.342 e. The second-order valence-electron chi connectivity index (χ2n) is 7.41. The number of nitrogens with one attached hydrogen (secondary N) is 3. The topological polar surface area (TPSA) is 105 Å². The van der Waals surface area contributed by atoms with E-state index in [0.717, 1.165) is 5.56 Å². The van der Waals surface area contributed by atoms with Gasteiger partial charge in [-0.3, -0.25) is 14.4 Å². The van der Waals surface area contributed by atoms with Crippen LogP contribution in [0.4, 0.5) is 5.69 Å². The van der Waals surface area contributed by atoms with Crippen molar-refractivity contribution in [3.05, 3.63) is 83.9 Å². The minimum atomic E-state index is -0.797. The number of para-hydroxylation sites is 1.